The summed E-state index contributed by atoms with van der Waals surface area (Å²) in [4.78, 5) is 32.4. The van der Waals surface area contributed by atoms with E-state index in [1.807, 2.05) is 42.7 Å². The van der Waals surface area contributed by atoms with Crippen molar-refractivity contribution in [2.45, 2.75) is 57.5 Å². The predicted octanol–water partition coefficient (Wildman–Crippen LogP) is 3.91. The molecule has 0 unspecified atom stereocenters. The van der Waals surface area contributed by atoms with Gasteiger partial charge in [0.1, 0.15) is 30.0 Å². The van der Waals surface area contributed by atoms with Gasteiger partial charge < -0.3 is 19.3 Å². The lowest BCUT2D eigenvalue weighted by molar-refractivity contribution is -0.129. The topological polar surface area (TPSA) is 106 Å². The minimum absolute atomic E-state index is 0.00663. The molecule has 11 heteroatoms. The Morgan fingerprint density at radius 3 is 2.72 bits per heavy atom. The van der Waals surface area contributed by atoms with Gasteiger partial charge in [0.25, 0.3) is 0 Å². The number of β-amino-alcohol motifs (C(OH)–C–C–N with tert-alkyl or cyclic N) is 1. The van der Waals surface area contributed by atoms with Gasteiger partial charge in [-0.25, -0.2) is 14.4 Å². The zero-order chi connectivity index (χ0) is 27.3. The van der Waals surface area contributed by atoms with Gasteiger partial charge >= 0.3 is 0 Å². The van der Waals surface area contributed by atoms with Crippen LogP contribution >= 0.6 is 11.6 Å². The number of hydrogen-bond donors (Lipinski definition) is 1. The van der Waals surface area contributed by atoms with Crippen LogP contribution in [0.5, 0.6) is 5.88 Å². The van der Waals surface area contributed by atoms with Gasteiger partial charge in [-0.3, -0.25) is 9.78 Å². The molecule has 4 heterocycles. The number of benzene rings is 1. The molecule has 39 heavy (non-hydrogen) atoms. The summed E-state index contributed by atoms with van der Waals surface area (Å²) in [6.07, 6.45) is 2.63. The van der Waals surface area contributed by atoms with Crippen LogP contribution in [0.1, 0.15) is 36.6 Å². The molecule has 0 spiro atoms. The van der Waals surface area contributed by atoms with Crippen LogP contribution in [-0.4, -0.2) is 71.4 Å². The molecule has 0 radical (unpaired) electrons. The first-order chi connectivity index (χ1) is 18.7. The average Bonchev–Trinajstić information content (AvgIpc) is 3.36. The van der Waals surface area contributed by atoms with Gasteiger partial charge in [0.2, 0.25) is 11.8 Å². The van der Waals surface area contributed by atoms with Crippen molar-refractivity contribution in [1.82, 2.24) is 29.4 Å². The Balaban J connectivity index is 1.37. The lowest BCUT2D eigenvalue weighted by Crippen LogP contribution is -2.31. The van der Waals surface area contributed by atoms with Crippen LogP contribution in [-0.2, 0) is 17.8 Å². The van der Waals surface area contributed by atoms with Crippen molar-refractivity contribution in [2.75, 3.05) is 13.1 Å². The fourth-order valence-corrected chi connectivity index (χ4v) is 5.08. The van der Waals surface area contributed by atoms with Crippen LogP contribution in [0.25, 0.3) is 22.6 Å². The smallest absolute Gasteiger partial charge is 0.245 e. The average molecular weight is 551 g/mol. The third-order valence-corrected chi connectivity index (χ3v) is 7.60. The minimum atomic E-state index is -1.42. The van der Waals surface area contributed by atoms with Crippen molar-refractivity contribution in [2.24, 2.45) is 0 Å². The highest BCUT2D eigenvalue weighted by Gasteiger charge is 2.41. The number of rotatable bonds is 7. The highest BCUT2D eigenvalue weighted by molar-refractivity contribution is 6.33. The molecule has 0 bridgehead atoms. The Morgan fingerprint density at radius 2 is 2.03 bits per heavy atom. The summed E-state index contributed by atoms with van der Waals surface area (Å²) >= 11 is 6.78. The van der Waals surface area contributed by atoms with E-state index in [0.29, 0.717) is 45.6 Å². The number of alkyl halides is 1. The van der Waals surface area contributed by atoms with Gasteiger partial charge in [0, 0.05) is 18.3 Å². The standard InChI is InChI=1S/C28H28ClFN6O3/c1-16-5-8-31-18(9-16)12-36-25(34-24-26(36)32-15-33-27(24)39-28(2)6-7-28)19-4-3-17(10-20(19)29)11-23(38)35-13-21(30)22(37)14-35/h3-5,8-10,15,21-22,37H,6-7,11-14H2,1-2H3/t21-,22-/m1/s1. The van der Waals surface area contributed by atoms with E-state index < -0.39 is 12.3 Å². The number of halogens is 2. The molecule has 2 aliphatic rings. The van der Waals surface area contributed by atoms with E-state index in [2.05, 4.69) is 15.0 Å². The Labute approximate surface area is 229 Å². The number of imidazole rings is 1. The number of hydrogen-bond acceptors (Lipinski definition) is 7. The third kappa shape index (κ3) is 5.18. The number of pyridine rings is 1. The molecule has 6 rings (SSSR count). The Morgan fingerprint density at radius 1 is 1.21 bits per heavy atom. The second kappa shape index (κ2) is 9.84. The molecule has 1 aliphatic heterocycles. The van der Waals surface area contributed by atoms with Gasteiger partial charge in [0.15, 0.2) is 11.2 Å². The van der Waals surface area contributed by atoms with Crippen LogP contribution in [0.3, 0.4) is 0 Å². The van der Waals surface area contributed by atoms with Gasteiger partial charge in [-0.15, -0.1) is 0 Å². The van der Waals surface area contributed by atoms with E-state index in [1.54, 1.807) is 12.3 Å². The van der Waals surface area contributed by atoms with Crippen LogP contribution in [0, 0.1) is 6.92 Å². The molecular weight excluding hydrogens is 523 g/mol. The van der Waals surface area contributed by atoms with Gasteiger partial charge in [-0.05, 0) is 62.1 Å². The van der Waals surface area contributed by atoms with Gasteiger partial charge in [-0.1, -0.05) is 17.7 Å². The molecule has 9 nitrogen and oxygen atoms in total. The van der Waals surface area contributed by atoms with Gasteiger partial charge in [-0.2, -0.15) is 4.98 Å². The third-order valence-electron chi connectivity index (χ3n) is 7.29. The summed E-state index contributed by atoms with van der Waals surface area (Å²) in [5.74, 6) is 0.737. The molecule has 1 aliphatic carbocycles. The van der Waals surface area contributed by atoms with E-state index in [9.17, 15) is 14.3 Å². The van der Waals surface area contributed by atoms with Crippen molar-refractivity contribution in [3.8, 4) is 17.3 Å². The Kier molecular flexibility index (Phi) is 6.47. The molecular formula is C28H28ClFN6O3. The van der Waals surface area contributed by atoms with E-state index in [4.69, 9.17) is 21.3 Å². The highest BCUT2D eigenvalue weighted by atomic mass is 35.5. The Bertz CT molecular complexity index is 1560. The summed E-state index contributed by atoms with van der Waals surface area (Å²) < 4.78 is 21.8. The lowest BCUT2D eigenvalue weighted by Gasteiger charge is -2.16. The normalized spacial score (nSPS) is 20.0. The first-order valence-corrected chi connectivity index (χ1v) is 13.3. The minimum Gasteiger partial charge on any atom is -0.470 e. The number of aryl methyl sites for hydroxylation is 1. The largest absolute Gasteiger partial charge is 0.470 e. The predicted molar refractivity (Wildman–Crippen MR) is 143 cm³/mol. The lowest BCUT2D eigenvalue weighted by atomic mass is 10.1. The van der Waals surface area contributed by atoms with Crippen LogP contribution < -0.4 is 4.74 Å². The van der Waals surface area contributed by atoms with Crippen LogP contribution in [0.4, 0.5) is 4.39 Å². The number of aliphatic hydroxyl groups is 1. The second-order valence-electron chi connectivity index (χ2n) is 10.6. The first kappa shape index (κ1) is 25.6. The maximum atomic E-state index is 13.7. The van der Waals surface area contributed by atoms with Crippen molar-refractivity contribution in [3.05, 3.63) is 64.7 Å². The molecule has 2 fully saturated rings. The Hall–Kier alpha value is -3.63. The molecule has 1 aromatic carbocycles. The number of aliphatic hydroxyl groups excluding tert-OH is 1. The van der Waals surface area contributed by atoms with E-state index in [0.717, 1.165) is 24.1 Å². The molecule has 1 saturated heterocycles. The van der Waals surface area contributed by atoms with Crippen molar-refractivity contribution >= 4 is 28.7 Å². The van der Waals surface area contributed by atoms with Gasteiger partial charge in [0.05, 0.1) is 30.2 Å². The first-order valence-electron chi connectivity index (χ1n) is 12.9. The zero-order valence-corrected chi connectivity index (χ0v) is 22.4. The second-order valence-corrected chi connectivity index (χ2v) is 11.0. The maximum Gasteiger partial charge on any atom is 0.245 e. The number of carbonyl (C=O) groups is 1. The van der Waals surface area contributed by atoms with Crippen molar-refractivity contribution in [3.63, 3.8) is 0 Å². The molecule has 1 N–H and O–H groups in total. The van der Waals surface area contributed by atoms with Crippen LogP contribution in [0.2, 0.25) is 5.02 Å². The molecule has 3 aromatic heterocycles. The number of fused-ring (bicyclic) bond motifs is 1. The summed E-state index contributed by atoms with van der Waals surface area (Å²) in [6.45, 7) is 4.35. The molecule has 2 atom stereocenters. The summed E-state index contributed by atoms with van der Waals surface area (Å²) in [7, 11) is 0. The number of likely N-dealkylation sites (tertiary alicyclic amines) is 1. The number of ether oxygens (including phenoxy) is 1. The van der Waals surface area contributed by atoms with Crippen molar-refractivity contribution in [1.29, 1.82) is 0 Å². The molecule has 202 valence electrons. The number of nitrogens with zero attached hydrogens (tertiary/aromatic N) is 6. The van der Waals surface area contributed by atoms with E-state index in [1.165, 1.54) is 11.2 Å². The SMILES string of the molecule is Cc1ccnc(Cn2c(-c3ccc(CC(=O)N4C[C@@H](O)[C@H](F)C4)cc3Cl)nc3c(OC4(C)CC4)ncnc32)c1. The summed E-state index contributed by atoms with van der Waals surface area (Å²) in [6, 6.07) is 9.29. The molecule has 1 amide bonds. The summed E-state index contributed by atoms with van der Waals surface area (Å²) in [5.41, 5.74) is 4.15. The van der Waals surface area contributed by atoms with Crippen molar-refractivity contribution < 1.29 is 19.0 Å². The molecule has 4 aromatic rings. The summed E-state index contributed by atoms with van der Waals surface area (Å²) in [5, 5.41) is 10.1. The van der Waals surface area contributed by atoms with E-state index in [-0.39, 0.29) is 31.0 Å². The molecule has 1 saturated carbocycles. The fraction of sp³-hybridized carbons (Fsp3) is 0.393. The van der Waals surface area contributed by atoms with E-state index >= 15 is 0 Å². The fourth-order valence-electron chi connectivity index (χ4n) is 4.79. The highest BCUT2D eigenvalue weighted by Crippen LogP contribution is 2.41. The zero-order valence-electron chi connectivity index (χ0n) is 21.6. The number of amides is 1. The number of carbonyl (C=O) groups excluding carboxylic acids is 1. The number of aromatic nitrogens is 5. The monoisotopic (exact) mass is 550 g/mol. The quantitative estimate of drug-likeness (QED) is 0.372. The van der Waals surface area contributed by atoms with Crippen LogP contribution in [0.15, 0.2) is 42.9 Å². The maximum absolute atomic E-state index is 13.7.